The third kappa shape index (κ3) is 4.13. The Kier molecular flexibility index (Phi) is 5.25. The molecular weight excluding hydrogens is 320 g/mol. The lowest BCUT2D eigenvalue weighted by atomic mass is 10.1. The summed E-state index contributed by atoms with van der Waals surface area (Å²) < 4.78 is 5.31. The number of aryl methyl sites for hydroxylation is 1. The maximum Gasteiger partial charge on any atom is 0.293 e. The van der Waals surface area contributed by atoms with E-state index >= 15 is 0 Å². The maximum atomic E-state index is 11.4. The minimum absolute atomic E-state index is 0.0849. The van der Waals surface area contributed by atoms with Crippen molar-refractivity contribution in [3.63, 3.8) is 0 Å². The van der Waals surface area contributed by atoms with E-state index in [0.717, 1.165) is 11.3 Å². The SMILES string of the molecule is Cc1ccccc1NN=Cc1ccc(N2CCOCC2)c([N+](=O)[O-])c1. The van der Waals surface area contributed by atoms with Gasteiger partial charge >= 0.3 is 0 Å². The summed E-state index contributed by atoms with van der Waals surface area (Å²) in [5, 5.41) is 15.6. The molecule has 7 nitrogen and oxygen atoms in total. The number of anilines is 2. The smallest absolute Gasteiger partial charge is 0.293 e. The van der Waals surface area contributed by atoms with Crippen LogP contribution < -0.4 is 10.3 Å². The number of nitro groups is 1. The predicted octanol–water partition coefficient (Wildman–Crippen LogP) is 3.19. The molecule has 1 N–H and O–H groups in total. The van der Waals surface area contributed by atoms with Crippen LogP contribution in [0.3, 0.4) is 0 Å². The fourth-order valence-electron chi connectivity index (χ4n) is 2.71. The van der Waals surface area contributed by atoms with Crippen molar-refractivity contribution in [2.45, 2.75) is 6.92 Å². The van der Waals surface area contributed by atoms with Gasteiger partial charge in [-0.25, -0.2) is 0 Å². The highest BCUT2D eigenvalue weighted by atomic mass is 16.6. The second-order valence-electron chi connectivity index (χ2n) is 5.79. The zero-order valence-electron chi connectivity index (χ0n) is 14.0. The molecule has 0 aromatic heterocycles. The van der Waals surface area contributed by atoms with E-state index < -0.39 is 0 Å². The summed E-state index contributed by atoms with van der Waals surface area (Å²) in [7, 11) is 0. The monoisotopic (exact) mass is 340 g/mol. The first-order chi connectivity index (χ1) is 12.1. The average molecular weight is 340 g/mol. The molecule has 0 unspecified atom stereocenters. The number of nitro benzene ring substituents is 1. The zero-order chi connectivity index (χ0) is 17.6. The molecule has 1 aliphatic rings. The van der Waals surface area contributed by atoms with Crippen LogP contribution in [0.4, 0.5) is 17.1 Å². The van der Waals surface area contributed by atoms with Gasteiger partial charge in [-0.15, -0.1) is 0 Å². The lowest BCUT2D eigenvalue weighted by Crippen LogP contribution is -2.36. The van der Waals surface area contributed by atoms with Crippen molar-refractivity contribution in [2.24, 2.45) is 5.10 Å². The number of nitrogens with one attached hydrogen (secondary N) is 1. The number of hydrazone groups is 1. The highest BCUT2D eigenvalue weighted by molar-refractivity contribution is 5.83. The summed E-state index contributed by atoms with van der Waals surface area (Å²) >= 11 is 0. The molecule has 1 fully saturated rings. The minimum atomic E-state index is -0.350. The number of hydrogen-bond donors (Lipinski definition) is 1. The molecule has 3 rings (SSSR count). The largest absolute Gasteiger partial charge is 0.378 e. The van der Waals surface area contributed by atoms with Gasteiger partial charge in [0.2, 0.25) is 0 Å². The van der Waals surface area contributed by atoms with Crippen LogP contribution in [-0.4, -0.2) is 37.4 Å². The van der Waals surface area contributed by atoms with Crippen LogP contribution in [0.15, 0.2) is 47.6 Å². The fraction of sp³-hybridized carbons (Fsp3) is 0.278. The molecule has 2 aromatic rings. The van der Waals surface area contributed by atoms with E-state index in [1.54, 1.807) is 18.3 Å². The summed E-state index contributed by atoms with van der Waals surface area (Å²) in [4.78, 5) is 13.1. The molecular formula is C18H20N4O3. The third-order valence-corrected chi connectivity index (χ3v) is 4.09. The minimum Gasteiger partial charge on any atom is -0.378 e. The number of para-hydroxylation sites is 1. The van der Waals surface area contributed by atoms with E-state index in [2.05, 4.69) is 10.5 Å². The average Bonchev–Trinajstić information content (AvgIpc) is 2.64. The predicted molar refractivity (Wildman–Crippen MR) is 98.5 cm³/mol. The van der Waals surface area contributed by atoms with Crippen LogP contribution in [-0.2, 0) is 4.74 Å². The molecule has 0 radical (unpaired) electrons. The van der Waals surface area contributed by atoms with Crippen LogP contribution in [0.25, 0.3) is 0 Å². The topological polar surface area (TPSA) is 80.0 Å². The normalized spacial score (nSPS) is 14.7. The van der Waals surface area contributed by atoms with Gasteiger partial charge in [-0.05, 0) is 24.6 Å². The van der Waals surface area contributed by atoms with Gasteiger partial charge in [-0.1, -0.05) is 24.3 Å². The highest BCUT2D eigenvalue weighted by Gasteiger charge is 2.21. The lowest BCUT2D eigenvalue weighted by molar-refractivity contribution is -0.384. The molecule has 0 spiro atoms. The lowest BCUT2D eigenvalue weighted by Gasteiger charge is -2.28. The van der Waals surface area contributed by atoms with Gasteiger partial charge in [-0.3, -0.25) is 15.5 Å². The van der Waals surface area contributed by atoms with Crippen molar-refractivity contribution >= 4 is 23.3 Å². The number of hydrogen-bond acceptors (Lipinski definition) is 6. The molecule has 1 saturated heterocycles. The molecule has 1 aliphatic heterocycles. The summed E-state index contributed by atoms with van der Waals surface area (Å²) in [5.74, 6) is 0. The molecule has 1 heterocycles. The Balaban J connectivity index is 1.78. The van der Waals surface area contributed by atoms with Gasteiger partial charge in [0.25, 0.3) is 5.69 Å². The Labute approximate surface area is 146 Å². The van der Waals surface area contributed by atoms with Crippen molar-refractivity contribution in [3.8, 4) is 0 Å². The molecule has 130 valence electrons. The van der Waals surface area contributed by atoms with Crippen LogP contribution in [0, 0.1) is 17.0 Å². The second kappa shape index (κ2) is 7.76. The van der Waals surface area contributed by atoms with Crippen LogP contribution in [0.5, 0.6) is 0 Å². The number of ether oxygens (including phenoxy) is 1. The van der Waals surface area contributed by atoms with E-state index in [1.165, 1.54) is 0 Å². The molecule has 0 amide bonds. The number of nitrogens with zero attached hydrogens (tertiary/aromatic N) is 3. The van der Waals surface area contributed by atoms with Crippen LogP contribution >= 0.6 is 0 Å². The summed E-state index contributed by atoms with van der Waals surface area (Å²) in [6.07, 6.45) is 1.59. The quantitative estimate of drug-likeness (QED) is 0.514. The first kappa shape index (κ1) is 16.9. The molecule has 25 heavy (non-hydrogen) atoms. The van der Waals surface area contributed by atoms with Crippen molar-refractivity contribution in [1.29, 1.82) is 0 Å². The number of rotatable bonds is 5. The summed E-state index contributed by atoms with van der Waals surface area (Å²) in [6.45, 7) is 4.47. The van der Waals surface area contributed by atoms with Crippen LogP contribution in [0.2, 0.25) is 0 Å². The molecule has 0 saturated carbocycles. The highest BCUT2D eigenvalue weighted by Crippen LogP contribution is 2.29. The van der Waals surface area contributed by atoms with Crippen molar-refractivity contribution < 1.29 is 9.66 Å². The van der Waals surface area contributed by atoms with E-state index in [1.807, 2.05) is 42.2 Å². The molecule has 7 heteroatoms. The molecule has 0 aliphatic carbocycles. The van der Waals surface area contributed by atoms with E-state index in [4.69, 9.17) is 4.74 Å². The Morgan fingerprint density at radius 3 is 2.72 bits per heavy atom. The Bertz CT molecular complexity index is 786. The van der Waals surface area contributed by atoms with Gasteiger partial charge in [0.15, 0.2) is 0 Å². The zero-order valence-corrected chi connectivity index (χ0v) is 14.0. The van der Waals surface area contributed by atoms with E-state index in [9.17, 15) is 10.1 Å². The summed E-state index contributed by atoms with van der Waals surface area (Å²) in [5.41, 5.74) is 6.32. The van der Waals surface area contributed by atoms with E-state index in [0.29, 0.717) is 37.6 Å². The summed E-state index contributed by atoms with van der Waals surface area (Å²) in [6, 6.07) is 13.0. The Morgan fingerprint density at radius 2 is 2.00 bits per heavy atom. The Morgan fingerprint density at radius 1 is 1.24 bits per heavy atom. The van der Waals surface area contributed by atoms with Gasteiger partial charge in [0.1, 0.15) is 5.69 Å². The van der Waals surface area contributed by atoms with Crippen molar-refractivity contribution in [3.05, 3.63) is 63.7 Å². The number of morpholine rings is 1. The van der Waals surface area contributed by atoms with Gasteiger partial charge in [-0.2, -0.15) is 5.10 Å². The second-order valence-corrected chi connectivity index (χ2v) is 5.79. The van der Waals surface area contributed by atoms with Crippen LogP contribution in [0.1, 0.15) is 11.1 Å². The first-order valence-electron chi connectivity index (χ1n) is 8.11. The standard InChI is InChI=1S/C18H20N4O3/c1-14-4-2-3-5-16(14)20-19-13-15-6-7-17(18(12-15)22(23)24)21-8-10-25-11-9-21/h2-7,12-13,20H,8-11H2,1H3. The van der Waals surface area contributed by atoms with Gasteiger partial charge < -0.3 is 9.64 Å². The van der Waals surface area contributed by atoms with Gasteiger partial charge in [0, 0.05) is 24.7 Å². The number of benzene rings is 2. The Hall–Kier alpha value is -2.93. The molecule has 2 aromatic carbocycles. The molecule has 0 bridgehead atoms. The first-order valence-corrected chi connectivity index (χ1v) is 8.11. The van der Waals surface area contributed by atoms with Crippen molar-refractivity contribution in [2.75, 3.05) is 36.6 Å². The fourth-order valence-corrected chi connectivity index (χ4v) is 2.71. The molecule has 0 atom stereocenters. The third-order valence-electron chi connectivity index (χ3n) is 4.09. The van der Waals surface area contributed by atoms with Gasteiger partial charge in [0.05, 0.1) is 30.0 Å². The van der Waals surface area contributed by atoms with E-state index in [-0.39, 0.29) is 10.6 Å². The van der Waals surface area contributed by atoms with Crippen molar-refractivity contribution in [1.82, 2.24) is 0 Å². The maximum absolute atomic E-state index is 11.4.